The zero-order valence-corrected chi connectivity index (χ0v) is 34.3. The van der Waals surface area contributed by atoms with Gasteiger partial charge in [-0.3, -0.25) is 4.90 Å². The van der Waals surface area contributed by atoms with Crippen LogP contribution in [0.3, 0.4) is 0 Å². The Hall–Kier alpha value is -5.08. The lowest BCUT2D eigenvalue weighted by molar-refractivity contribution is 0.216. The minimum Gasteiger partial charge on any atom is -0.370 e. The number of fused-ring (bicyclic) bond motifs is 2. The SMILES string of the molecule is C=C1CCC2(CCc3cc(N4CCN(CCC5CCC(c6cn(-c7cnc(Nc8ncc(C#N)cc8Cl)cc7NCC#N)nn6)CC5)CC4)ccc32)C(=C)N1.CS. The first-order valence-corrected chi connectivity index (χ1v) is 21.1. The van der Waals surface area contributed by atoms with E-state index in [-0.39, 0.29) is 12.0 Å². The van der Waals surface area contributed by atoms with Gasteiger partial charge in [-0.25, -0.2) is 14.6 Å². The van der Waals surface area contributed by atoms with Crippen LogP contribution in [-0.4, -0.2) is 75.4 Å². The van der Waals surface area contributed by atoms with Crippen molar-refractivity contribution in [1.82, 2.24) is 35.2 Å². The second kappa shape index (κ2) is 18.0. The summed E-state index contributed by atoms with van der Waals surface area (Å²) in [6.07, 6.45) is 17.1. The predicted molar refractivity (Wildman–Crippen MR) is 230 cm³/mol. The molecule has 1 saturated carbocycles. The van der Waals surface area contributed by atoms with Gasteiger partial charge in [0.05, 0.1) is 40.4 Å². The molecule has 3 N–H and O–H groups in total. The number of hydrogen-bond acceptors (Lipinski definition) is 12. The molecule has 57 heavy (non-hydrogen) atoms. The van der Waals surface area contributed by atoms with Gasteiger partial charge in [-0.1, -0.05) is 36.0 Å². The summed E-state index contributed by atoms with van der Waals surface area (Å²) in [5.74, 6) is 1.97. The van der Waals surface area contributed by atoms with Crippen LogP contribution in [0, 0.1) is 28.6 Å². The lowest BCUT2D eigenvalue weighted by Gasteiger charge is -2.39. The molecule has 3 aromatic heterocycles. The summed E-state index contributed by atoms with van der Waals surface area (Å²) in [6.45, 7) is 14.2. The normalized spacial score (nSPS) is 21.8. The summed E-state index contributed by atoms with van der Waals surface area (Å²) in [4.78, 5) is 14.0. The number of hydrogen-bond donors (Lipinski definition) is 4. The van der Waals surface area contributed by atoms with Gasteiger partial charge < -0.3 is 20.9 Å². The van der Waals surface area contributed by atoms with E-state index in [1.54, 1.807) is 29.3 Å². The fourth-order valence-corrected chi connectivity index (χ4v) is 9.24. The highest BCUT2D eigenvalue weighted by atomic mass is 35.5. The number of piperazine rings is 1. The second-order valence-corrected chi connectivity index (χ2v) is 15.9. The summed E-state index contributed by atoms with van der Waals surface area (Å²) in [5, 5.41) is 37.4. The third-order valence-corrected chi connectivity index (χ3v) is 12.5. The number of aromatic nitrogens is 5. The Morgan fingerprint density at radius 1 is 1.00 bits per heavy atom. The van der Waals surface area contributed by atoms with E-state index in [0.29, 0.717) is 39.5 Å². The molecule has 14 heteroatoms. The average molecular weight is 803 g/mol. The zero-order valence-electron chi connectivity index (χ0n) is 32.6. The number of pyridine rings is 2. The number of aryl methyl sites for hydroxylation is 1. The van der Waals surface area contributed by atoms with Crippen molar-refractivity contribution in [1.29, 1.82) is 10.5 Å². The van der Waals surface area contributed by atoms with Crippen LogP contribution in [0.5, 0.6) is 0 Å². The number of allylic oxidation sites excluding steroid dienone is 2. The minimum atomic E-state index is 0.0692. The van der Waals surface area contributed by atoms with Gasteiger partial charge in [-0.2, -0.15) is 23.2 Å². The van der Waals surface area contributed by atoms with Crippen molar-refractivity contribution in [2.24, 2.45) is 5.92 Å². The number of nitriles is 2. The fourth-order valence-electron chi connectivity index (χ4n) is 9.03. The van der Waals surface area contributed by atoms with Crippen molar-refractivity contribution < 1.29 is 0 Å². The quantitative estimate of drug-likeness (QED) is 0.0918. The summed E-state index contributed by atoms with van der Waals surface area (Å²) in [6, 6.07) is 14.7. The van der Waals surface area contributed by atoms with Crippen molar-refractivity contribution in [2.45, 2.75) is 69.1 Å². The van der Waals surface area contributed by atoms with Gasteiger partial charge in [0.15, 0.2) is 0 Å². The first-order chi connectivity index (χ1) is 27.8. The van der Waals surface area contributed by atoms with Crippen LogP contribution >= 0.6 is 24.2 Å². The Morgan fingerprint density at radius 2 is 1.79 bits per heavy atom. The minimum absolute atomic E-state index is 0.0692. The van der Waals surface area contributed by atoms with Crippen molar-refractivity contribution >= 4 is 47.2 Å². The van der Waals surface area contributed by atoms with Gasteiger partial charge in [0, 0.05) is 66.9 Å². The molecule has 2 saturated heterocycles. The molecule has 0 amide bonds. The van der Waals surface area contributed by atoms with E-state index in [1.807, 2.05) is 12.3 Å². The first kappa shape index (κ1) is 40.1. The molecule has 4 aromatic rings. The topological polar surface area (TPSA) is 147 Å². The predicted octanol–water partition coefficient (Wildman–Crippen LogP) is 7.89. The third-order valence-electron chi connectivity index (χ3n) is 12.3. The summed E-state index contributed by atoms with van der Waals surface area (Å²) >= 11 is 9.84. The van der Waals surface area contributed by atoms with Crippen LogP contribution in [0.4, 0.5) is 23.0 Å². The fraction of sp³-hybridized carbons (Fsp3) is 0.442. The molecule has 2 aliphatic carbocycles. The molecule has 1 atom stereocenters. The number of rotatable bonds is 10. The van der Waals surface area contributed by atoms with E-state index in [4.69, 9.17) is 16.9 Å². The van der Waals surface area contributed by atoms with E-state index in [0.717, 1.165) is 94.3 Å². The molecular weight excluding hydrogens is 752 g/mol. The van der Waals surface area contributed by atoms with Gasteiger partial charge in [0.25, 0.3) is 0 Å². The summed E-state index contributed by atoms with van der Waals surface area (Å²) in [5.41, 5.74) is 9.34. The van der Waals surface area contributed by atoms with Gasteiger partial charge in [-0.15, -0.1) is 5.10 Å². The molecule has 296 valence electrons. The Morgan fingerprint density at radius 3 is 2.53 bits per heavy atom. The third kappa shape index (κ3) is 8.76. The number of anilines is 4. The summed E-state index contributed by atoms with van der Waals surface area (Å²) < 4.78 is 1.73. The standard InChI is InChI=1S/C42H47ClN12.CH4S/c1-28-9-12-42(29(2)49-28)13-10-33-22-34(7-8-35(33)42)54-19-17-53(18-20-54)16-11-30-3-5-32(6-4-30)38-27-55(52-51-38)39-26-47-40(23-37(39)46-15-14-44)50-41-36(43)21-31(24-45)25-48-41;1-2/h7-8,21-23,25-27,30,32,49H,1-6,9-13,15-20H2,(H2,46,47,48,50);2H,1H3. The maximum Gasteiger partial charge on any atom is 0.150 e. The lowest BCUT2D eigenvalue weighted by atomic mass is 9.73. The highest BCUT2D eigenvalue weighted by molar-refractivity contribution is 7.79. The van der Waals surface area contributed by atoms with Crippen molar-refractivity contribution in [3.63, 3.8) is 0 Å². The lowest BCUT2D eigenvalue weighted by Crippen LogP contribution is -2.47. The van der Waals surface area contributed by atoms with E-state index < -0.39 is 0 Å². The van der Waals surface area contributed by atoms with E-state index >= 15 is 0 Å². The van der Waals surface area contributed by atoms with E-state index in [9.17, 15) is 5.26 Å². The molecule has 1 aromatic carbocycles. The van der Waals surface area contributed by atoms with Crippen LogP contribution in [0.25, 0.3) is 5.69 Å². The molecule has 4 aliphatic rings. The molecule has 3 fully saturated rings. The summed E-state index contributed by atoms with van der Waals surface area (Å²) in [7, 11) is 0. The number of halogens is 1. The monoisotopic (exact) mass is 802 g/mol. The van der Waals surface area contributed by atoms with Crippen molar-refractivity contribution in [2.75, 3.05) is 61.1 Å². The number of nitrogens with one attached hydrogen (secondary N) is 3. The molecule has 5 heterocycles. The largest absolute Gasteiger partial charge is 0.370 e. The van der Waals surface area contributed by atoms with Gasteiger partial charge in [0.1, 0.15) is 29.9 Å². The zero-order chi connectivity index (χ0) is 39.9. The van der Waals surface area contributed by atoms with Gasteiger partial charge >= 0.3 is 0 Å². The van der Waals surface area contributed by atoms with Crippen molar-refractivity contribution in [3.05, 3.63) is 101 Å². The average Bonchev–Trinajstić information content (AvgIpc) is 3.89. The smallest absolute Gasteiger partial charge is 0.150 e. The molecule has 1 spiro atoms. The number of piperidine rings is 1. The first-order valence-electron chi connectivity index (χ1n) is 19.9. The van der Waals surface area contributed by atoms with Crippen molar-refractivity contribution in [3.8, 4) is 17.8 Å². The molecule has 0 radical (unpaired) electrons. The maximum atomic E-state index is 9.27. The highest BCUT2D eigenvalue weighted by Crippen LogP contribution is 2.49. The van der Waals surface area contributed by atoms with Gasteiger partial charge in [0.2, 0.25) is 0 Å². The van der Waals surface area contributed by atoms with E-state index in [1.165, 1.54) is 42.3 Å². The number of benzene rings is 1. The highest BCUT2D eigenvalue weighted by Gasteiger charge is 2.43. The number of nitrogens with zero attached hydrogens (tertiary/aromatic N) is 9. The van der Waals surface area contributed by atoms with Crippen LogP contribution in [0.1, 0.15) is 79.7 Å². The molecule has 2 aliphatic heterocycles. The van der Waals surface area contributed by atoms with Crippen LogP contribution < -0.4 is 20.9 Å². The molecular formula is C43H51ClN12S. The van der Waals surface area contributed by atoms with Crippen LogP contribution in [0.15, 0.2) is 73.5 Å². The van der Waals surface area contributed by atoms with Crippen LogP contribution in [0.2, 0.25) is 5.02 Å². The molecule has 1 unspecified atom stereocenters. The second-order valence-electron chi connectivity index (χ2n) is 15.4. The number of thiol groups is 1. The van der Waals surface area contributed by atoms with Crippen LogP contribution in [-0.2, 0) is 11.8 Å². The molecule has 8 rings (SSSR count). The van der Waals surface area contributed by atoms with Gasteiger partial charge in [-0.05, 0) is 106 Å². The molecule has 0 bridgehead atoms. The Bertz CT molecular complexity index is 2170. The van der Waals surface area contributed by atoms with E-state index in [2.05, 4.69) is 96.1 Å². The Kier molecular flexibility index (Phi) is 12.7. The maximum absolute atomic E-state index is 9.27. The Labute approximate surface area is 346 Å². The Balaban J connectivity index is 0.00000244. The molecule has 12 nitrogen and oxygen atoms in total.